The highest BCUT2D eigenvalue weighted by atomic mass is 15.0. The van der Waals surface area contributed by atoms with Crippen LogP contribution in [-0.2, 0) is 7.05 Å². The summed E-state index contributed by atoms with van der Waals surface area (Å²) in [4.78, 5) is 0. The third-order valence-electron chi connectivity index (χ3n) is 7.10. The van der Waals surface area contributed by atoms with Crippen LogP contribution in [0.5, 0.6) is 0 Å². The summed E-state index contributed by atoms with van der Waals surface area (Å²) in [5.41, 5.74) is 9.45. The molecule has 3 aromatic heterocycles. The van der Waals surface area contributed by atoms with Gasteiger partial charge in [0.05, 0.1) is 39.0 Å². The molecule has 0 aliphatic heterocycles. The van der Waals surface area contributed by atoms with Crippen molar-refractivity contribution in [2.24, 2.45) is 7.05 Å². The Morgan fingerprint density at radius 2 is 1.77 bits per heavy atom. The Morgan fingerprint density at radius 3 is 2.52 bits per heavy atom. The second-order valence-electron chi connectivity index (χ2n) is 9.17. The van der Waals surface area contributed by atoms with Crippen LogP contribution < -0.4 is 4.57 Å². The van der Waals surface area contributed by atoms with Gasteiger partial charge in [-0.05, 0) is 66.1 Å². The van der Waals surface area contributed by atoms with Gasteiger partial charge in [-0.15, -0.1) is 0 Å². The van der Waals surface area contributed by atoms with Gasteiger partial charge in [0, 0.05) is 16.8 Å². The van der Waals surface area contributed by atoms with Gasteiger partial charge in [-0.2, -0.15) is 5.26 Å². The van der Waals surface area contributed by atoms with Crippen LogP contribution in [0.3, 0.4) is 0 Å². The number of benzene rings is 3. The second-order valence-corrected chi connectivity index (χ2v) is 9.17. The maximum atomic E-state index is 9.91. The van der Waals surface area contributed by atoms with E-state index in [0.29, 0.717) is 5.92 Å². The van der Waals surface area contributed by atoms with E-state index < -0.39 is 0 Å². The summed E-state index contributed by atoms with van der Waals surface area (Å²) >= 11 is 0. The summed E-state index contributed by atoms with van der Waals surface area (Å²) in [5.74, 6) is 0.436. The Hall–Kier alpha value is -3.64. The summed E-state index contributed by atoms with van der Waals surface area (Å²) in [6, 6.07) is 17.7. The number of nitriles is 1. The molecule has 0 amide bonds. The van der Waals surface area contributed by atoms with Crippen LogP contribution in [0.2, 0.25) is 0 Å². The summed E-state index contributed by atoms with van der Waals surface area (Å²) in [7, 11) is 2.14. The monoisotopic (exact) mass is 402 g/mol. The van der Waals surface area contributed by atoms with Crippen molar-refractivity contribution >= 4 is 49.0 Å². The molecule has 0 unspecified atom stereocenters. The normalized spacial score (nSPS) is 12.3. The number of aryl methyl sites for hydroxylation is 3. The van der Waals surface area contributed by atoms with Crippen LogP contribution in [0.25, 0.3) is 49.0 Å². The molecule has 3 aromatic carbocycles. The standard InChI is InChI=1S/C28H24N3/c1-15(2)20-12-18-9-10-30(5)28-24-17(4)16(3)11-21-25-19(14-29)7-6-8-22(25)31(27(21)24)23(13-20)26(18)28/h6-13,15H,1-5H3/q+1. The Balaban J connectivity index is 2.11. The first kappa shape index (κ1) is 18.2. The molecule has 0 aliphatic rings. The third-order valence-corrected chi connectivity index (χ3v) is 7.10. The fraction of sp³-hybridized carbons (Fsp3) is 0.214. The Bertz CT molecular complexity index is 1740. The van der Waals surface area contributed by atoms with Crippen LogP contribution >= 0.6 is 0 Å². The molecule has 0 saturated heterocycles. The number of hydrogen-bond acceptors (Lipinski definition) is 1. The number of hydrogen-bond donors (Lipinski definition) is 0. The molecule has 0 fully saturated rings. The van der Waals surface area contributed by atoms with E-state index in [2.05, 4.69) is 86.3 Å². The van der Waals surface area contributed by atoms with Crippen molar-refractivity contribution in [3.63, 3.8) is 0 Å². The highest BCUT2D eigenvalue weighted by Crippen LogP contribution is 2.43. The summed E-state index contributed by atoms with van der Waals surface area (Å²) < 4.78 is 4.67. The smallest absolute Gasteiger partial charge is 0.224 e. The van der Waals surface area contributed by atoms with Gasteiger partial charge in [0.2, 0.25) is 5.52 Å². The maximum absolute atomic E-state index is 9.91. The van der Waals surface area contributed by atoms with E-state index in [0.717, 1.165) is 16.5 Å². The molecule has 0 atom stereocenters. The van der Waals surface area contributed by atoms with E-state index in [9.17, 15) is 5.26 Å². The Morgan fingerprint density at radius 1 is 0.968 bits per heavy atom. The first-order chi connectivity index (χ1) is 14.9. The lowest BCUT2D eigenvalue weighted by Crippen LogP contribution is -2.29. The van der Waals surface area contributed by atoms with Crippen molar-refractivity contribution < 1.29 is 4.57 Å². The van der Waals surface area contributed by atoms with E-state index in [1.165, 1.54) is 54.8 Å². The van der Waals surface area contributed by atoms with Crippen LogP contribution in [0.1, 0.15) is 42.0 Å². The van der Waals surface area contributed by atoms with Gasteiger partial charge in [0.1, 0.15) is 7.05 Å². The molecule has 0 saturated carbocycles. The lowest BCUT2D eigenvalue weighted by atomic mass is 9.94. The second kappa shape index (κ2) is 5.95. The van der Waals surface area contributed by atoms with Gasteiger partial charge in [-0.25, -0.2) is 4.57 Å². The molecule has 0 N–H and O–H groups in total. The fourth-order valence-electron chi connectivity index (χ4n) is 5.40. The SMILES string of the molecule is Cc1cc2c3c(C#N)cccc3n3c4cc(C(C)C)cc5cc[n+](C)c(c(c1C)c23)c54. The van der Waals surface area contributed by atoms with E-state index in [1.807, 2.05) is 12.1 Å². The van der Waals surface area contributed by atoms with Crippen molar-refractivity contribution in [1.29, 1.82) is 5.26 Å². The quantitative estimate of drug-likeness (QED) is 0.177. The molecule has 3 heterocycles. The van der Waals surface area contributed by atoms with Gasteiger partial charge in [-0.1, -0.05) is 26.0 Å². The lowest BCUT2D eigenvalue weighted by Gasteiger charge is -2.16. The van der Waals surface area contributed by atoms with E-state index in [-0.39, 0.29) is 0 Å². The summed E-state index contributed by atoms with van der Waals surface area (Å²) in [6.07, 6.45) is 2.18. The topological polar surface area (TPSA) is 32.1 Å². The first-order valence-corrected chi connectivity index (χ1v) is 10.9. The molecule has 150 valence electrons. The molecule has 0 bridgehead atoms. The van der Waals surface area contributed by atoms with Crippen LogP contribution in [0.15, 0.2) is 48.7 Å². The third kappa shape index (κ3) is 2.15. The molecule has 0 aliphatic carbocycles. The molecule has 31 heavy (non-hydrogen) atoms. The van der Waals surface area contributed by atoms with E-state index in [4.69, 9.17) is 0 Å². The maximum Gasteiger partial charge on any atom is 0.224 e. The molecule has 6 aromatic rings. The predicted octanol–water partition coefficient (Wildman–Crippen LogP) is 6.43. The average molecular weight is 403 g/mol. The van der Waals surface area contributed by atoms with E-state index >= 15 is 0 Å². The zero-order valence-corrected chi connectivity index (χ0v) is 18.5. The first-order valence-electron chi connectivity index (χ1n) is 10.9. The number of pyridine rings is 2. The van der Waals surface area contributed by atoms with Crippen molar-refractivity contribution in [3.8, 4) is 6.07 Å². The highest BCUT2D eigenvalue weighted by Gasteiger charge is 2.26. The molecular formula is C28H24N3+. The molecule has 6 rings (SSSR count). The zero-order chi connectivity index (χ0) is 21.6. The Kier molecular flexibility index (Phi) is 3.49. The van der Waals surface area contributed by atoms with Gasteiger partial charge in [0.15, 0.2) is 6.20 Å². The minimum absolute atomic E-state index is 0.436. The van der Waals surface area contributed by atoms with E-state index in [1.54, 1.807) is 0 Å². The van der Waals surface area contributed by atoms with Gasteiger partial charge >= 0.3 is 0 Å². The average Bonchev–Trinajstić information content (AvgIpc) is 3.09. The molecule has 0 spiro atoms. The van der Waals surface area contributed by atoms with Crippen LogP contribution in [-0.4, -0.2) is 4.40 Å². The van der Waals surface area contributed by atoms with Crippen LogP contribution in [0.4, 0.5) is 0 Å². The van der Waals surface area contributed by atoms with Crippen molar-refractivity contribution in [2.75, 3.05) is 0 Å². The van der Waals surface area contributed by atoms with Crippen molar-refractivity contribution in [1.82, 2.24) is 4.40 Å². The van der Waals surface area contributed by atoms with Crippen molar-refractivity contribution in [2.45, 2.75) is 33.6 Å². The summed E-state index contributed by atoms with van der Waals surface area (Å²) in [6.45, 7) is 8.91. The number of nitrogens with zero attached hydrogens (tertiary/aromatic N) is 3. The lowest BCUT2D eigenvalue weighted by molar-refractivity contribution is -0.643. The van der Waals surface area contributed by atoms with Gasteiger partial charge in [0.25, 0.3) is 0 Å². The largest absolute Gasteiger partial charge is 0.307 e. The predicted molar refractivity (Wildman–Crippen MR) is 128 cm³/mol. The number of aromatic nitrogens is 2. The molecule has 3 heteroatoms. The highest BCUT2D eigenvalue weighted by molar-refractivity contribution is 6.26. The van der Waals surface area contributed by atoms with Crippen molar-refractivity contribution in [3.05, 3.63) is 70.9 Å². The number of rotatable bonds is 1. The molecule has 3 nitrogen and oxygen atoms in total. The molecule has 0 radical (unpaired) electrons. The Labute approximate surface area is 181 Å². The van der Waals surface area contributed by atoms with Gasteiger partial charge < -0.3 is 4.40 Å². The van der Waals surface area contributed by atoms with Gasteiger partial charge in [-0.3, -0.25) is 0 Å². The number of fused-ring (bicyclic) bond motifs is 5. The van der Waals surface area contributed by atoms with Crippen LogP contribution in [0, 0.1) is 25.2 Å². The zero-order valence-electron chi connectivity index (χ0n) is 18.5. The minimum atomic E-state index is 0.436. The fourth-order valence-corrected chi connectivity index (χ4v) is 5.40. The summed E-state index contributed by atoms with van der Waals surface area (Å²) in [5, 5.41) is 16.0. The molecular weight excluding hydrogens is 378 g/mol. The minimum Gasteiger partial charge on any atom is -0.307 e.